The quantitative estimate of drug-likeness (QED) is 0.570. The van der Waals surface area contributed by atoms with Crippen molar-refractivity contribution in [3.8, 4) is 0 Å². The van der Waals surface area contributed by atoms with Gasteiger partial charge in [-0.05, 0) is 25.0 Å². The zero-order valence-electron chi connectivity index (χ0n) is 8.28. The molecular weight excluding hydrogens is 195 g/mol. The van der Waals surface area contributed by atoms with Crippen LogP contribution >= 0.6 is 0 Å². The highest BCUT2D eigenvalue weighted by Crippen LogP contribution is 2.18. The summed E-state index contributed by atoms with van der Waals surface area (Å²) < 4.78 is 12.5. The molecule has 0 saturated heterocycles. The van der Waals surface area contributed by atoms with E-state index in [0.717, 1.165) is 12.8 Å². The van der Waals surface area contributed by atoms with Crippen LogP contribution in [0.5, 0.6) is 0 Å². The van der Waals surface area contributed by atoms with Crippen LogP contribution in [0.2, 0.25) is 0 Å². The zero-order valence-corrected chi connectivity index (χ0v) is 8.28. The van der Waals surface area contributed by atoms with Crippen molar-refractivity contribution in [1.29, 1.82) is 0 Å². The Kier molecular flexibility index (Phi) is 2.80. The number of hydrogen-bond acceptors (Lipinski definition) is 2. The van der Waals surface area contributed by atoms with Gasteiger partial charge in [-0.25, -0.2) is 9.38 Å². The van der Waals surface area contributed by atoms with E-state index < -0.39 is 0 Å². The monoisotopic (exact) mass is 208 g/mol. The van der Waals surface area contributed by atoms with E-state index >= 15 is 0 Å². The van der Waals surface area contributed by atoms with Crippen LogP contribution in [0, 0.1) is 5.82 Å². The minimum Gasteiger partial charge on any atom is -0.370 e. The first-order chi connectivity index (χ1) is 7.24. The number of hydrogen-bond donors (Lipinski definition) is 2. The van der Waals surface area contributed by atoms with Crippen LogP contribution in [0.4, 0.5) is 4.39 Å². The highest BCUT2D eigenvalue weighted by atomic mass is 19.1. The molecule has 1 aliphatic carbocycles. The maximum absolute atomic E-state index is 12.5. The van der Waals surface area contributed by atoms with Gasteiger partial charge in [0.1, 0.15) is 5.82 Å². The molecule has 1 fully saturated rings. The van der Waals surface area contributed by atoms with E-state index in [4.69, 9.17) is 5.73 Å². The highest BCUT2D eigenvalue weighted by molar-refractivity contribution is 5.78. The molecule has 0 aromatic carbocycles. The van der Waals surface area contributed by atoms with Crippen molar-refractivity contribution in [2.24, 2.45) is 10.7 Å². The van der Waals surface area contributed by atoms with Crippen LogP contribution in [0.1, 0.15) is 18.5 Å². The Morgan fingerprint density at radius 2 is 2.40 bits per heavy atom. The predicted octanol–water partition coefficient (Wildman–Crippen LogP) is 0.787. The fourth-order valence-electron chi connectivity index (χ4n) is 1.15. The summed E-state index contributed by atoms with van der Waals surface area (Å²) >= 11 is 0. The summed E-state index contributed by atoms with van der Waals surface area (Å²) in [7, 11) is 0. The number of aliphatic imine (C=N–C) groups is 1. The third-order valence-electron chi connectivity index (χ3n) is 2.13. The van der Waals surface area contributed by atoms with Gasteiger partial charge in [-0.2, -0.15) is 0 Å². The Bertz CT molecular complexity index is 356. The van der Waals surface area contributed by atoms with Crippen molar-refractivity contribution < 1.29 is 4.39 Å². The number of nitrogens with one attached hydrogen (secondary N) is 1. The predicted molar refractivity (Wildman–Crippen MR) is 55.7 cm³/mol. The van der Waals surface area contributed by atoms with E-state index in [0.29, 0.717) is 24.2 Å². The van der Waals surface area contributed by atoms with Crippen molar-refractivity contribution in [3.63, 3.8) is 0 Å². The van der Waals surface area contributed by atoms with Crippen LogP contribution in [-0.4, -0.2) is 17.0 Å². The van der Waals surface area contributed by atoms with Gasteiger partial charge < -0.3 is 11.1 Å². The molecule has 0 atom stereocenters. The van der Waals surface area contributed by atoms with Crippen LogP contribution < -0.4 is 11.1 Å². The molecule has 1 aromatic heterocycles. The summed E-state index contributed by atoms with van der Waals surface area (Å²) in [5.41, 5.74) is 6.33. The molecule has 80 valence electrons. The lowest BCUT2D eigenvalue weighted by Crippen LogP contribution is -2.33. The second-order valence-corrected chi connectivity index (χ2v) is 3.59. The second kappa shape index (κ2) is 4.25. The summed E-state index contributed by atoms with van der Waals surface area (Å²) in [6.45, 7) is 0.381. The van der Waals surface area contributed by atoms with Crippen molar-refractivity contribution in [3.05, 3.63) is 29.8 Å². The largest absolute Gasteiger partial charge is 0.370 e. The third kappa shape index (κ3) is 3.19. The number of rotatable bonds is 3. The highest BCUT2D eigenvalue weighted by Gasteiger charge is 2.21. The number of aromatic nitrogens is 1. The van der Waals surface area contributed by atoms with Crippen LogP contribution in [-0.2, 0) is 6.54 Å². The SMILES string of the molecule is NC(=NCc1ccc(F)cn1)NC1CC1. The maximum Gasteiger partial charge on any atom is 0.189 e. The van der Waals surface area contributed by atoms with Gasteiger partial charge in [-0.1, -0.05) is 0 Å². The smallest absolute Gasteiger partial charge is 0.189 e. The molecule has 4 nitrogen and oxygen atoms in total. The van der Waals surface area contributed by atoms with Gasteiger partial charge in [0.15, 0.2) is 5.96 Å². The summed E-state index contributed by atoms with van der Waals surface area (Å²) in [4.78, 5) is 7.98. The first-order valence-electron chi connectivity index (χ1n) is 4.91. The second-order valence-electron chi connectivity index (χ2n) is 3.59. The molecular formula is C10H13FN4. The van der Waals surface area contributed by atoms with Gasteiger partial charge in [0, 0.05) is 6.04 Å². The molecule has 1 saturated carbocycles. The van der Waals surface area contributed by atoms with Crippen molar-refractivity contribution in [2.45, 2.75) is 25.4 Å². The Labute approximate surface area is 87.4 Å². The minimum absolute atomic E-state index is 0.341. The van der Waals surface area contributed by atoms with Gasteiger partial charge in [0.25, 0.3) is 0 Å². The van der Waals surface area contributed by atoms with Crippen LogP contribution in [0.25, 0.3) is 0 Å². The van der Waals surface area contributed by atoms with E-state index in [-0.39, 0.29) is 5.82 Å². The number of pyridine rings is 1. The summed E-state index contributed by atoms with van der Waals surface area (Å²) in [5, 5.41) is 3.06. The minimum atomic E-state index is -0.341. The molecule has 5 heteroatoms. The van der Waals surface area contributed by atoms with E-state index in [9.17, 15) is 4.39 Å². The Morgan fingerprint density at radius 3 is 3.00 bits per heavy atom. The Morgan fingerprint density at radius 1 is 1.60 bits per heavy atom. The van der Waals surface area contributed by atoms with Crippen molar-refractivity contribution in [1.82, 2.24) is 10.3 Å². The number of halogens is 1. The average Bonchev–Trinajstić information content (AvgIpc) is 3.01. The molecule has 15 heavy (non-hydrogen) atoms. The van der Waals surface area contributed by atoms with E-state index in [1.165, 1.54) is 12.3 Å². The summed E-state index contributed by atoms with van der Waals surface area (Å²) in [5.74, 6) is 0.0930. The number of guanidine groups is 1. The molecule has 1 aliphatic rings. The first kappa shape index (κ1) is 9.89. The van der Waals surface area contributed by atoms with E-state index in [1.54, 1.807) is 6.07 Å². The normalized spacial score (nSPS) is 16.5. The molecule has 0 unspecified atom stereocenters. The van der Waals surface area contributed by atoms with Gasteiger partial charge in [-0.15, -0.1) is 0 Å². The van der Waals surface area contributed by atoms with E-state index in [1.807, 2.05) is 0 Å². The van der Waals surface area contributed by atoms with Gasteiger partial charge in [-0.3, -0.25) is 4.98 Å². The molecule has 0 radical (unpaired) electrons. The van der Waals surface area contributed by atoms with Crippen molar-refractivity contribution >= 4 is 5.96 Å². The molecule has 0 bridgehead atoms. The van der Waals surface area contributed by atoms with Crippen LogP contribution in [0.3, 0.4) is 0 Å². The number of nitrogens with two attached hydrogens (primary N) is 1. The van der Waals surface area contributed by atoms with Crippen LogP contribution in [0.15, 0.2) is 23.3 Å². The van der Waals surface area contributed by atoms with Gasteiger partial charge in [0.05, 0.1) is 18.4 Å². The molecule has 0 amide bonds. The molecule has 0 aliphatic heterocycles. The summed E-state index contributed by atoms with van der Waals surface area (Å²) in [6.07, 6.45) is 3.49. The zero-order chi connectivity index (χ0) is 10.7. The lowest BCUT2D eigenvalue weighted by Gasteiger charge is -2.02. The maximum atomic E-state index is 12.5. The molecule has 2 rings (SSSR count). The van der Waals surface area contributed by atoms with Gasteiger partial charge >= 0.3 is 0 Å². The fourth-order valence-corrected chi connectivity index (χ4v) is 1.15. The number of nitrogens with zero attached hydrogens (tertiary/aromatic N) is 2. The van der Waals surface area contributed by atoms with Crippen molar-refractivity contribution in [2.75, 3.05) is 0 Å². The third-order valence-corrected chi connectivity index (χ3v) is 2.13. The summed E-state index contributed by atoms with van der Waals surface area (Å²) in [6, 6.07) is 3.46. The lowest BCUT2D eigenvalue weighted by molar-refractivity contribution is 0.619. The topological polar surface area (TPSA) is 63.3 Å². The first-order valence-corrected chi connectivity index (χ1v) is 4.91. The molecule has 1 heterocycles. The fraction of sp³-hybridized carbons (Fsp3) is 0.400. The van der Waals surface area contributed by atoms with Gasteiger partial charge in [0.2, 0.25) is 0 Å². The molecule has 0 spiro atoms. The molecule has 1 aromatic rings. The Balaban J connectivity index is 1.87. The standard InChI is InChI=1S/C10H13FN4/c11-7-1-2-9(13-5-7)6-14-10(12)15-8-3-4-8/h1-2,5,8H,3-4,6H2,(H3,12,14,15). The average molecular weight is 208 g/mol. The van der Waals surface area contributed by atoms with E-state index in [2.05, 4.69) is 15.3 Å². The molecule has 3 N–H and O–H groups in total. The Hall–Kier alpha value is -1.65. The lowest BCUT2D eigenvalue weighted by atomic mass is 10.3.